The first-order valence-electron chi connectivity index (χ1n) is 15.0. The molecule has 0 bridgehead atoms. The topological polar surface area (TPSA) is 199 Å². The summed E-state index contributed by atoms with van der Waals surface area (Å²) in [6.07, 6.45) is 0.685. The van der Waals surface area contributed by atoms with Crippen molar-refractivity contribution in [3.05, 3.63) is 124 Å². The molecule has 3 aromatic carbocycles. The monoisotopic (exact) mass is 641 g/mol. The van der Waals surface area contributed by atoms with E-state index in [0.717, 1.165) is 12.0 Å². The SMILES string of the molecule is O=C(O)N[C@@H](c1ccccc1)c1cccc(OCc2nc(C(=O)NCCCCNCC(O)c3ccc(O)c4[nH]c(=O)ccc34)co2)c1. The number of phenolic OH excluding ortho intramolecular Hbond substituents is 1. The van der Waals surface area contributed by atoms with Crippen LogP contribution >= 0.6 is 0 Å². The Balaban J connectivity index is 1.03. The van der Waals surface area contributed by atoms with E-state index in [0.29, 0.717) is 41.8 Å². The molecule has 0 fully saturated rings. The van der Waals surface area contributed by atoms with Crippen molar-refractivity contribution < 1.29 is 34.1 Å². The van der Waals surface area contributed by atoms with Crippen molar-refractivity contribution in [1.82, 2.24) is 25.9 Å². The Kier molecular flexibility index (Phi) is 10.8. The van der Waals surface area contributed by atoms with Gasteiger partial charge in [-0.15, -0.1) is 0 Å². The van der Waals surface area contributed by atoms with Gasteiger partial charge in [-0.25, -0.2) is 9.78 Å². The Bertz CT molecular complexity index is 1870. The minimum absolute atomic E-state index is 0.0332. The molecule has 2 aromatic heterocycles. The van der Waals surface area contributed by atoms with Crippen LogP contribution < -0.4 is 26.2 Å². The number of amides is 2. The third-order valence-corrected chi connectivity index (χ3v) is 7.41. The fourth-order valence-corrected chi connectivity index (χ4v) is 5.10. The number of hydrogen-bond donors (Lipinski definition) is 7. The number of hydrogen-bond acceptors (Lipinski definition) is 9. The Morgan fingerprint density at radius 3 is 2.55 bits per heavy atom. The van der Waals surface area contributed by atoms with Gasteiger partial charge < -0.3 is 45.4 Å². The zero-order valence-electron chi connectivity index (χ0n) is 25.3. The summed E-state index contributed by atoms with van der Waals surface area (Å²) in [7, 11) is 0. The second-order valence-corrected chi connectivity index (χ2v) is 10.7. The van der Waals surface area contributed by atoms with Crippen molar-refractivity contribution in [2.24, 2.45) is 0 Å². The molecule has 0 saturated carbocycles. The van der Waals surface area contributed by atoms with E-state index in [1.165, 1.54) is 18.4 Å². The Morgan fingerprint density at radius 2 is 1.74 bits per heavy atom. The molecule has 2 heterocycles. The Labute approximate surface area is 269 Å². The van der Waals surface area contributed by atoms with Gasteiger partial charge >= 0.3 is 6.09 Å². The number of oxazole rings is 1. The van der Waals surface area contributed by atoms with Crippen LogP contribution in [0.2, 0.25) is 0 Å². The Hall–Kier alpha value is -5.66. The van der Waals surface area contributed by atoms with Crippen molar-refractivity contribution in [3.63, 3.8) is 0 Å². The van der Waals surface area contributed by atoms with E-state index in [2.05, 4.69) is 25.9 Å². The van der Waals surface area contributed by atoms with Crippen LogP contribution in [0.15, 0.2) is 94.3 Å². The van der Waals surface area contributed by atoms with E-state index in [4.69, 9.17) is 9.15 Å². The Morgan fingerprint density at radius 1 is 0.957 bits per heavy atom. The normalized spacial score (nSPS) is 12.4. The molecule has 0 aliphatic carbocycles. The molecule has 0 radical (unpaired) electrons. The molecule has 0 saturated heterocycles. The van der Waals surface area contributed by atoms with Crippen LogP contribution in [-0.4, -0.2) is 56.9 Å². The van der Waals surface area contributed by atoms with Crippen LogP contribution in [-0.2, 0) is 6.61 Å². The molecule has 0 aliphatic heterocycles. The van der Waals surface area contributed by atoms with E-state index in [9.17, 15) is 29.7 Å². The summed E-state index contributed by atoms with van der Waals surface area (Å²) in [5.74, 6) is 0.243. The van der Waals surface area contributed by atoms with E-state index < -0.39 is 18.2 Å². The van der Waals surface area contributed by atoms with Gasteiger partial charge in [0.15, 0.2) is 12.3 Å². The molecule has 2 atom stereocenters. The zero-order valence-corrected chi connectivity index (χ0v) is 25.3. The maximum Gasteiger partial charge on any atom is 0.405 e. The van der Waals surface area contributed by atoms with Gasteiger partial charge in [0.05, 0.1) is 17.7 Å². The largest absolute Gasteiger partial charge is 0.506 e. The van der Waals surface area contributed by atoms with Crippen molar-refractivity contribution in [3.8, 4) is 11.5 Å². The fourth-order valence-electron chi connectivity index (χ4n) is 5.10. The number of nitrogens with one attached hydrogen (secondary N) is 4. The van der Waals surface area contributed by atoms with Crippen LogP contribution in [0.4, 0.5) is 4.79 Å². The summed E-state index contributed by atoms with van der Waals surface area (Å²) in [6.45, 7) is 1.25. The van der Waals surface area contributed by atoms with Gasteiger partial charge in [0.2, 0.25) is 11.4 Å². The summed E-state index contributed by atoms with van der Waals surface area (Å²) in [5.41, 5.74) is 2.13. The minimum atomic E-state index is -1.15. The van der Waals surface area contributed by atoms with Gasteiger partial charge in [0.25, 0.3) is 5.91 Å². The molecule has 5 aromatic rings. The predicted octanol–water partition coefficient (Wildman–Crippen LogP) is 3.99. The third-order valence-electron chi connectivity index (χ3n) is 7.41. The van der Waals surface area contributed by atoms with Crippen LogP contribution in [0.25, 0.3) is 10.9 Å². The van der Waals surface area contributed by atoms with Crippen molar-refractivity contribution in [1.29, 1.82) is 0 Å². The van der Waals surface area contributed by atoms with Gasteiger partial charge in [0, 0.05) is 24.5 Å². The first-order chi connectivity index (χ1) is 22.8. The maximum absolute atomic E-state index is 12.5. The number of nitrogens with zero attached hydrogens (tertiary/aromatic N) is 1. The number of aromatic hydroxyl groups is 1. The summed E-state index contributed by atoms with van der Waals surface area (Å²) in [6, 6.07) is 21.6. The van der Waals surface area contributed by atoms with Crippen LogP contribution in [0.5, 0.6) is 11.5 Å². The molecule has 0 aliphatic rings. The number of carbonyl (C=O) groups excluding carboxylic acids is 1. The molecule has 7 N–H and O–H groups in total. The summed E-state index contributed by atoms with van der Waals surface area (Å²) in [4.78, 5) is 42.4. The molecule has 0 spiro atoms. The number of carboxylic acid groups (broad SMARTS) is 1. The molecule has 13 nitrogen and oxygen atoms in total. The summed E-state index contributed by atoms with van der Waals surface area (Å²) in [5, 5.41) is 39.1. The second kappa shape index (κ2) is 15.6. The quantitative estimate of drug-likeness (QED) is 0.0820. The number of benzene rings is 3. The third kappa shape index (κ3) is 8.75. The maximum atomic E-state index is 12.5. The predicted molar refractivity (Wildman–Crippen MR) is 172 cm³/mol. The molecule has 47 heavy (non-hydrogen) atoms. The number of aromatic amines is 1. The van der Waals surface area contributed by atoms with Crippen LogP contribution in [0, 0.1) is 0 Å². The van der Waals surface area contributed by atoms with Gasteiger partial charge in [-0.2, -0.15) is 0 Å². The highest BCUT2D eigenvalue weighted by Gasteiger charge is 2.18. The lowest BCUT2D eigenvalue weighted by Crippen LogP contribution is -2.27. The number of aliphatic hydroxyl groups is 1. The van der Waals surface area contributed by atoms with Crippen LogP contribution in [0.1, 0.15) is 58.1 Å². The average molecular weight is 642 g/mol. The zero-order chi connectivity index (χ0) is 33.2. The van der Waals surface area contributed by atoms with E-state index in [-0.39, 0.29) is 47.5 Å². The highest BCUT2D eigenvalue weighted by Crippen LogP contribution is 2.29. The fraction of sp³-hybridized carbons (Fsp3) is 0.235. The first kappa shape index (κ1) is 32.7. The molecule has 1 unspecified atom stereocenters. The summed E-state index contributed by atoms with van der Waals surface area (Å²) < 4.78 is 11.2. The van der Waals surface area contributed by atoms with Gasteiger partial charge in [-0.3, -0.25) is 9.59 Å². The standard InChI is InChI=1S/C34H35N5O8/c40-27-13-11-24(25-12-14-29(42)38-32(25)27)28(41)18-35-15-4-5-16-36-33(43)26-19-47-30(37-26)20-46-23-10-6-9-22(17-23)31(39-34(44)45)21-7-2-1-3-8-21/h1-3,6-14,17,19,28,31,35,39-41H,4-5,15-16,18,20H2,(H,36,43)(H,38,42)(H,44,45)/t28?,31-/m0/s1. The number of ether oxygens (including phenoxy) is 1. The first-order valence-corrected chi connectivity index (χ1v) is 15.0. The van der Waals surface area contributed by atoms with Crippen molar-refractivity contribution in [2.45, 2.75) is 31.6 Å². The number of aliphatic hydroxyl groups excluding tert-OH is 1. The number of fused-ring (bicyclic) bond motifs is 1. The number of pyridine rings is 1. The summed E-state index contributed by atoms with van der Waals surface area (Å²) >= 11 is 0. The average Bonchev–Trinajstić information content (AvgIpc) is 3.56. The number of carbonyl (C=O) groups is 2. The van der Waals surface area contributed by atoms with Crippen molar-refractivity contribution >= 4 is 22.9 Å². The lowest BCUT2D eigenvalue weighted by atomic mass is 9.99. The molecule has 5 rings (SSSR count). The number of H-pyrrole nitrogens is 1. The number of rotatable bonds is 15. The van der Waals surface area contributed by atoms with E-state index in [1.807, 2.05) is 30.3 Å². The molecule has 2 amide bonds. The smallest absolute Gasteiger partial charge is 0.405 e. The number of unbranched alkanes of at least 4 members (excludes halogenated alkanes) is 1. The van der Waals surface area contributed by atoms with E-state index >= 15 is 0 Å². The van der Waals surface area contributed by atoms with Crippen LogP contribution in [0.3, 0.4) is 0 Å². The molecule has 244 valence electrons. The molecular weight excluding hydrogens is 606 g/mol. The number of aromatic nitrogens is 2. The van der Waals surface area contributed by atoms with Gasteiger partial charge in [-0.05, 0) is 60.3 Å². The second-order valence-electron chi connectivity index (χ2n) is 10.7. The van der Waals surface area contributed by atoms with Gasteiger partial charge in [-0.1, -0.05) is 48.5 Å². The minimum Gasteiger partial charge on any atom is -0.506 e. The molecule has 13 heteroatoms. The lowest BCUT2D eigenvalue weighted by molar-refractivity contribution is 0.0947. The highest BCUT2D eigenvalue weighted by atomic mass is 16.5. The highest BCUT2D eigenvalue weighted by molar-refractivity contribution is 5.91. The lowest BCUT2D eigenvalue weighted by Gasteiger charge is -2.18. The molecular formula is C34H35N5O8. The van der Waals surface area contributed by atoms with Gasteiger partial charge in [0.1, 0.15) is 17.8 Å². The van der Waals surface area contributed by atoms with E-state index in [1.54, 1.807) is 36.4 Å². The van der Waals surface area contributed by atoms with Crippen molar-refractivity contribution in [2.75, 3.05) is 19.6 Å². The number of phenols is 1.